The second-order valence-corrected chi connectivity index (χ2v) is 2.86. The van der Waals surface area contributed by atoms with E-state index in [0.717, 1.165) is 32.6 Å². The van der Waals surface area contributed by atoms with Crippen molar-refractivity contribution in [3.05, 3.63) is 0 Å². The van der Waals surface area contributed by atoms with E-state index in [1.54, 1.807) is 0 Å². The number of nitrogens with zero attached hydrogens (tertiary/aromatic N) is 1. The minimum Gasteiger partial charge on any atom is -0.357 e. The summed E-state index contributed by atoms with van der Waals surface area (Å²) in [6, 6.07) is 0.453. The predicted octanol–water partition coefficient (Wildman–Crippen LogP) is -1.36. The Morgan fingerprint density at radius 2 is 2.64 bits per heavy atom. The molecule has 1 saturated heterocycles. The molecule has 1 atom stereocenters. The normalized spacial score (nSPS) is 26.5. The summed E-state index contributed by atoms with van der Waals surface area (Å²) in [5.74, 6) is 0. The van der Waals surface area contributed by atoms with E-state index in [9.17, 15) is 4.79 Å². The molecule has 0 aromatic carbocycles. The SMILES string of the molecule is CN1CCNCC1CNC=O. The van der Waals surface area contributed by atoms with Gasteiger partial charge in [-0.15, -0.1) is 0 Å². The van der Waals surface area contributed by atoms with Gasteiger partial charge in [-0.05, 0) is 7.05 Å². The van der Waals surface area contributed by atoms with E-state index >= 15 is 0 Å². The summed E-state index contributed by atoms with van der Waals surface area (Å²) in [4.78, 5) is 12.3. The average Bonchev–Trinajstić information content (AvgIpc) is 2.03. The van der Waals surface area contributed by atoms with Crippen LogP contribution in [-0.2, 0) is 4.79 Å². The first-order valence-electron chi connectivity index (χ1n) is 3.92. The maximum atomic E-state index is 10.0. The Bertz CT molecular complexity index is 129. The molecule has 4 nitrogen and oxygen atoms in total. The van der Waals surface area contributed by atoms with E-state index in [2.05, 4.69) is 22.6 Å². The summed E-state index contributed by atoms with van der Waals surface area (Å²) in [5.41, 5.74) is 0. The molecule has 1 amide bonds. The van der Waals surface area contributed by atoms with Crippen LogP contribution in [0.4, 0.5) is 0 Å². The van der Waals surface area contributed by atoms with Crippen LogP contribution in [0.1, 0.15) is 0 Å². The van der Waals surface area contributed by atoms with Crippen LogP contribution in [0.25, 0.3) is 0 Å². The molecule has 0 aliphatic carbocycles. The monoisotopic (exact) mass is 157 g/mol. The lowest BCUT2D eigenvalue weighted by atomic mass is 10.2. The van der Waals surface area contributed by atoms with Gasteiger partial charge in [-0.3, -0.25) is 9.69 Å². The van der Waals surface area contributed by atoms with Crippen LogP contribution in [0.15, 0.2) is 0 Å². The van der Waals surface area contributed by atoms with Gasteiger partial charge in [-0.1, -0.05) is 0 Å². The van der Waals surface area contributed by atoms with Gasteiger partial charge in [0.15, 0.2) is 0 Å². The molecule has 2 N–H and O–H groups in total. The van der Waals surface area contributed by atoms with E-state index in [4.69, 9.17) is 0 Å². The zero-order valence-corrected chi connectivity index (χ0v) is 6.84. The van der Waals surface area contributed by atoms with Crippen molar-refractivity contribution in [1.82, 2.24) is 15.5 Å². The van der Waals surface area contributed by atoms with Gasteiger partial charge in [-0.25, -0.2) is 0 Å². The summed E-state index contributed by atoms with van der Waals surface area (Å²) in [5, 5.41) is 5.96. The molecule has 0 saturated carbocycles. The Kier molecular flexibility index (Phi) is 3.32. The second-order valence-electron chi connectivity index (χ2n) is 2.86. The number of piperazine rings is 1. The maximum Gasteiger partial charge on any atom is 0.207 e. The van der Waals surface area contributed by atoms with Crippen molar-refractivity contribution in [1.29, 1.82) is 0 Å². The molecule has 0 aromatic rings. The number of hydrogen-bond donors (Lipinski definition) is 2. The lowest BCUT2D eigenvalue weighted by Gasteiger charge is -2.32. The first-order valence-corrected chi connectivity index (χ1v) is 3.92. The van der Waals surface area contributed by atoms with Crippen molar-refractivity contribution in [3.8, 4) is 0 Å². The van der Waals surface area contributed by atoms with Crippen molar-refractivity contribution in [2.45, 2.75) is 6.04 Å². The number of rotatable bonds is 3. The van der Waals surface area contributed by atoms with Crippen LogP contribution in [-0.4, -0.2) is 50.6 Å². The van der Waals surface area contributed by atoms with E-state index in [1.807, 2.05) is 0 Å². The predicted molar refractivity (Wildman–Crippen MR) is 43.4 cm³/mol. The molecule has 4 heteroatoms. The first kappa shape index (κ1) is 8.49. The van der Waals surface area contributed by atoms with E-state index in [0.29, 0.717) is 6.04 Å². The molecule has 1 heterocycles. The number of amides is 1. The van der Waals surface area contributed by atoms with E-state index in [-0.39, 0.29) is 0 Å². The molecule has 11 heavy (non-hydrogen) atoms. The topological polar surface area (TPSA) is 44.4 Å². The fourth-order valence-corrected chi connectivity index (χ4v) is 1.27. The Hall–Kier alpha value is -0.610. The van der Waals surface area contributed by atoms with E-state index < -0.39 is 0 Å². The Balaban J connectivity index is 2.23. The third kappa shape index (κ3) is 2.48. The third-order valence-corrected chi connectivity index (χ3v) is 2.08. The van der Waals surface area contributed by atoms with E-state index in [1.165, 1.54) is 0 Å². The van der Waals surface area contributed by atoms with Gasteiger partial charge >= 0.3 is 0 Å². The van der Waals surface area contributed by atoms with Gasteiger partial charge in [0.05, 0.1) is 0 Å². The molecule has 1 fully saturated rings. The standard InChI is InChI=1S/C7H15N3O/c1-10-3-2-8-4-7(10)5-9-6-11/h6-8H,2-5H2,1H3,(H,9,11). The number of hydrogen-bond acceptors (Lipinski definition) is 3. The van der Waals surface area contributed by atoms with Crippen LogP contribution in [0, 0.1) is 0 Å². The number of likely N-dealkylation sites (N-methyl/N-ethyl adjacent to an activating group) is 1. The highest BCUT2D eigenvalue weighted by atomic mass is 16.1. The summed E-state index contributed by atoms with van der Waals surface area (Å²) in [7, 11) is 2.08. The van der Waals surface area contributed by atoms with Crippen molar-refractivity contribution < 1.29 is 4.79 Å². The summed E-state index contributed by atoms with van der Waals surface area (Å²) in [6.45, 7) is 3.82. The highest BCUT2D eigenvalue weighted by Gasteiger charge is 2.17. The molecule has 1 aliphatic heterocycles. The highest BCUT2D eigenvalue weighted by molar-refractivity contribution is 5.45. The molecule has 64 valence electrons. The number of nitrogens with one attached hydrogen (secondary N) is 2. The molecular weight excluding hydrogens is 142 g/mol. The second kappa shape index (κ2) is 4.31. The van der Waals surface area contributed by atoms with Crippen LogP contribution < -0.4 is 10.6 Å². The van der Waals surface area contributed by atoms with Crippen LogP contribution in [0.2, 0.25) is 0 Å². The largest absolute Gasteiger partial charge is 0.357 e. The third-order valence-electron chi connectivity index (χ3n) is 2.08. The Morgan fingerprint density at radius 3 is 3.27 bits per heavy atom. The van der Waals surface area contributed by atoms with Crippen LogP contribution >= 0.6 is 0 Å². The van der Waals surface area contributed by atoms with Crippen molar-refractivity contribution in [2.24, 2.45) is 0 Å². The molecule has 0 spiro atoms. The first-order chi connectivity index (χ1) is 5.34. The molecule has 1 unspecified atom stereocenters. The van der Waals surface area contributed by atoms with Crippen LogP contribution in [0.5, 0.6) is 0 Å². The smallest absolute Gasteiger partial charge is 0.207 e. The van der Waals surface area contributed by atoms with Crippen molar-refractivity contribution >= 4 is 6.41 Å². The zero-order valence-electron chi connectivity index (χ0n) is 6.84. The lowest BCUT2D eigenvalue weighted by molar-refractivity contribution is -0.109. The molecule has 0 radical (unpaired) electrons. The maximum absolute atomic E-state index is 10.0. The Labute approximate surface area is 66.9 Å². The molecule has 1 rings (SSSR count). The highest BCUT2D eigenvalue weighted by Crippen LogP contribution is 1.96. The number of carbonyl (C=O) groups excluding carboxylic acids is 1. The molecule has 0 aromatic heterocycles. The minimum absolute atomic E-state index is 0.453. The minimum atomic E-state index is 0.453. The fraction of sp³-hybridized carbons (Fsp3) is 0.857. The summed E-state index contributed by atoms with van der Waals surface area (Å²) < 4.78 is 0. The quantitative estimate of drug-likeness (QED) is 0.497. The average molecular weight is 157 g/mol. The van der Waals surface area contributed by atoms with Crippen molar-refractivity contribution in [2.75, 3.05) is 33.2 Å². The summed E-state index contributed by atoms with van der Waals surface area (Å²) in [6.07, 6.45) is 0.752. The van der Waals surface area contributed by atoms with Gasteiger partial charge in [0.25, 0.3) is 0 Å². The van der Waals surface area contributed by atoms with Gasteiger partial charge in [0, 0.05) is 32.2 Å². The van der Waals surface area contributed by atoms with Crippen molar-refractivity contribution in [3.63, 3.8) is 0 Å². The summed E-state index contributed by atoms with van der Waals surface area (Å²) >= 11 is 0. The molecule has 1 aliphatic rings. The molecule has 0 bridgehead atoms. The fourth-order valence-electron chi connectivity index (χ4n) is 1.27. The zero-order chi connectivity index (χ0) is 8.10. The van der Waals surface area contributed by atoms with Crippen LogP contribution in [0.3, 0.4) is 0 Å². The van der Waals surface area contributed by atoms with Gasteiger partial charge < -0.3 is 10.6 Å². The van der Waals surface area contributed by atoms with Gasteiger partial charge in [0.1, 0.15) is 0 Å². The van der Waals surface area contributed by atoms with Gasteiger partial charge in [0.2, 0.25) is 6.41 Å². The molecular formula is C7H15N3O. The number of carbonyl (C=O) groups is 1. The Morgan fingerprint density at radius 1 is 1.82 bits per heavy atom. The lowest BCUT2D eigenvalue weighted by Crippen LogP contribution is -2.53. The van der Waals surface area contributed by atoms with Gasteiger partial charge in [-0.2, -0.15) is 0 Å².